The molecule has 0 aliphatic carbocycles. The van der Waals surface area contributed by atoms with Gasteiger partial charge in [0.1, 0.15) is 6.33 Å². The maximum absolute atomic E-state index is 13.1. The molecular formula is C21H13F6N5O2. The Morgan fingerprint density at radius 2 is 1.65 bits per heavy atom. The summed E-state index contributed by atoms with van der Waals surface area (Å²) in [5.41, 5.74) is 0.0623. The Hall–Kier alpha value is -4.16. The van der Waals surface area contributed by atoms with E-state index in [9.17, 15) is 35.9 Å². The summed E-state index contributed by atoms with van der Waals surface area (Å²) in [6.45, 7) is 0.166. The summed E-state index contributed by atoms with van der Waals surface area (Å²) in [5.74, 6) is -1.52. The molecular weight excluding hydrogens is 468 g/mol. The van der Waals surface area contributed by atoms with Crippen molar-refractivity contribution in [1.29, 1.82) is 0 Å². The predicted octanol–water partition coefficient (Wildman–Crippen LogP) is 4.14. The first-order valence-corrected chi connectivity index (χ1v) is 9.51. The molecule has 0 saturated heterocycles. The Morgan fingerprint density at radius 3 is 2.26 bits per heavy atom. The Labute approximate surface area is 187 Å². The number of carbonyl (C=O) groups is 2. The van der Waals surface area contributed by atoms with Crippen LogP contribution in [0.3, 0.4) is 0 Å². The molecule has 0 unspecified atom stereocenters. The molecule has 7 nitrogen and oxygen atoms in total. The van der Waals surface area contributed by atoms with Gasteiger partial charge in [0.2, 0.25) is 0 Å². The van der Waals surface area contributed by atoms with Gasteiger partial charge in [0.05, 0.1) is 17.7 Å². The van der Waals surface area contributed by atoms with Gasteiger partial charge in [-0.05, 0) is 29.8 Å². The lowest BCUT2D eigenvalue weighted by Crippen LogP contribution is -2.41. The van der Waals surface area contributed by atoms with E-state index < -0.39 is 46.7 Å². The fraction of sp³-hybridized carbons (Fsp3) is 0.143. The minimum atomic E-state index is -5.01. The van der Waals surface area contributed by atoms with Crippen molar-refractivity contribution in [2.45, 2.75) is 18.9 Å². The van der Waals surface area contributed by atoms with Crippen LogP contribution in [0.4, 0.5) is 26.3 Å². The molecule has 0 spiro atoms. The first kappa shape index (κ1) is 23.0. The number of benzene rings is 2. The molecule has 0 radical (unpaired) electrons. The summed E-state index contributed by atoms with van der Waals surface area (Å²) < 4.78 is 79.2. The minimum Gasteiger partial charge on any atom is -0.268 e. The van der Waals surface area contributed by atoms with Crippen molar-refractivity contribution in [3.63, 3.8) is 0 Å². The smallest absolute Gasteiger partial charge is 0.268 e. The molecule has 1 aromatic heterocycles. The van der Waals surface area contributed by atoms with E-state index in [1.54, 1.807) is 24.3 Å². The lowest BCUT2D eigenvalue weighted by molar-refractivity contribution is -0.143. The van der Waals surface area contributed by atoms with Crippen molar-refractivity contribution in [2.75, 3.05) is 0 Å². The van der Waals surface area contributed by atoms with Crippen LogP contribution in [0.5, 0.6) is 0 Å². The highest BCUT2D eigenvalue weighted by Crippen LogP contribution is 2.38. The summed E-state index contributed by atoms with van der Waals surface area (Å²) in [6.07, 6.45) is -6.96. The molecule has 0 fully saturated rings. The van der Waals surface area contributed by atoms with Crippen LogP contribution in [0.25, 0.3) is 17.6 Å². The standard InChI is InChI=1S/C21H13F6N5O2/c22-20(23,24)14-7-13(8-15(9-14)21(25,26)27)18-28-11-31(30-18)6-5-17(33)29-32-10-12-3-1-2-4-16(12)19(32)34/h1-9,11H,10H2,(H,29,33)/b6-5-. The van der Waals surface area contributed by atoms with Crippen LogP contribution in [0.1, 0.15) is 27.0 Å². The molecule has 176 valence electrons. The Bertz CT molecular complexity index is 1260. The second-order valence-electron chi connectivity index (χ2n) is 7.18. The van der Waals surface area contributed by atoms with E-state index in [4.69, 9.17) is 0 Å². The first-order valence-electron chi connectivity index (χ1n) is 9.51. The number of hydrogen-bond donors (Lipinski definition) is 1. The van der Waals surface area contributed by atoms with Crippen molar-refractivity contribution in [2.24, 2.45) is 0 Å². The number of hydrazine groups is 1. The van der Waals surface area contributed by atoms with Crippen molar-refractivity contribution in [3.8, 4) is 11.4 Å². The van der Waals surface area contributed by atoms with Gasteiger partial charge in [0.25, 0.3) is 11.8 Å². The average molecular weight is 481 g/mol. The summed E-state index contributed by atoms with van der Waals surface area (Å²) in [7, 11) is 0. The lowest BCUT2D eigenvalue weighted by atomic mass is 10.0. The van der Waals surface area contributed by atoms with E-state index in [0.29, 0.717) is 17.7 Å². The molecule has 0 saturated carbocycles. The third-order valence-electron chi connectivity index (χ3n) is 4.80. The first-order chi connectivity index (χ1) is 15.9. The summed E-state index contributed by atoms with van der Waals surface area (Å²) >= 11 is 0. The molecule has 1 N–H and O–H groups in total. The SMILES string of the molecule is O=C(/C=C\n1cnc(-c2cc(C(F)(F)F)cc(C(F)(F)F)c2)n1)NN1Cc2ccccc2C1=O. The van der Waals surface area contributed by atoms with Gasteiger partial charge in [0, 0.05) is 23.4 Å². The number of aromatic nitrogens is 3. The maximum atomic E-state index is 13.1. The second-order valence-corrected chi connectivity index (χ2v) is 7.18. The van der Waals surface area contributed by atoms with E-state index >= 15 is 0 Å². The molecule has 4 rings (SSSR count). The predicted molar refractivity (Wildman–Crippen MR) is 105 cm³/mol. The van der Waals surface area contributed by atoms with Crippen molar-refractivity contribution in [3.05, 3.63) is 77.1 Å². The van der Waals surface area contributed by atoms with E-state index in [1.807, 2.05) is 0 Å². The minimum absolute atomic E-state index is 0.00265. The van der Waals surface area contributed by atoms with Gasteiger partial charge in [-0.25, -0.2) is 14.7 Å². The number of rotatable bonds is 4. The number of alkyl halides is 6. The average Bonchev–Trinajstić information content (AvgIpc) is 3.36. The third kappa shape index (κ3) is 4.77. The fourth-order valence-corrected chi connectivity index (χ4v) is 3.22. The van der Waals surface area contributed by atoms with Crippen LogP contribution < -0.4 is 5.43 Å². The van der Waals surface area contributed by atoms with E-state index in [1.165, 1.54) is 0 Å². The molecule has 2 amide bonds. The zero-order chi connectivity index (χ0) is 24.7. The molecule has 34 heavy (non-hydrogen) atoms. The number of fused-ring (bicyclic) bond motifs is 1. The molecule has 0 bridgehead atoms. The number of halogens is 6. The third-order valence-corrected chi connectivity index (χ3v) is 4.80. The van der Waals surface area contributed by atoms with Gasteiger partial charge in [-0.2, -0.15) is 26.3 Å². The van der Waals surface area contributed by atoms with Gasteiger partial charge in [0.15, 0.2) is 5.82 Å². The number of hydrogen-bond acceptors (Lipinski definition) is 4. The van der Waals surface area contributed by atoms with Crippen LogP contribution in [-0.2, 0) is 23.7 Å². The Balaban J connectivity index is 1.50. The Morgan fingerprint density at radius 1 is 1.00 bits per heavy atom. The quantitative estimate of drug-likeness (QED) is 0.449. The van der Waals surface area contributed by atoms with Crippen LogP contribution >= 0.6 is 0 Å². The van der Waals surface area contributed by atoms with Crippen LogP contribution in [0, 0.1) is 0 Å². The largest absolute Gasteiger partial charge is 0.416 e. The highest BCUT2D eigenvalue weighted by molar-refractivity contribution is 6.00. The van der Waals surface area contributed by atoms with Gasteiger partial charge in [-0.1, -0.05) is 18.2 Å². The van der Waals surface area contributed by atoms with E-state index in [0.717, 1.165) is 33.9 Å². The van der Waals surface area contributed by atoms with Crippen molar-refractivity contribution < 1.29 is 35.9 Å². The highest BCUT2D eigenvalue weighted by atomic mass is 19.4. The Kier molecular flexibility index (Phi) is 5.63. The topological polar surface area (TPSA) is 80.1 Å². The van der Waals surface area contributed by atoms with Gasteiger partial charge < -0.3 is 0 Å². The van der Waals surface area contributed by atoms with Gasteiger partial charge in [-0.15, -0.1) is 5.10 Å². The van der Waals surface area contributed by atoms with Crippen molar-refractivity contribution >= 4 is 18.0 Å². The molecule has 2 heterocycles. The fourth-order valence-electron chi connectivity index (χ4n) is 3.22. The molecule has 13 heteroatoms. The zero-order valence-corrected chi connectivity index (χ0v) is 16.9. The highest BCUT2D eigenvalue weighted by Gasteiger charge is 2.37. The monoisotopic (exact) mass is 481 g/mol. The van der Waals surface area contributed by atoms with Crippen molar-refractivity contribution in [1.82, 2.24) is 25.2 Å². The van der Waals surface area contributed by atoms with Crippen LogP contribution in [0.15, 0.2) is 54.9 Å². The van der Waals surface area contributed by atoms with Crippen LogP contribution in [-0.4, -0.2) is 31.6 Å². The summed E-state index contributed by atoms with van der Waals surface area (Å²) in [6, 6.07) is 7.80. The molecule has 3 aromatic rings. The molecule has 1 aliphatic heterocycles. The van der Waals surface area contributed by atoms with Crippen LogP contribution in [0.2, 0.25) is 0 Å². The van der Waals surface area contributed by atoms with E-state index in [-0.39, 0.29) is 12.6 Å². The number of carbonyl (C=O) groups excluding carboxylic acids is 2. The summed E-state index contributed by atoms with van der Waals surface area (Å²) in [5, 5.41) is 4.90. The van der Waals surface area contributed by atoms with Gasteiger partial charge >= 0.3 is 12.4 Å². The normalized spacial score (nSPS) is 14.1. The number of amides is 2. The molecule has 2 aromatic carbocycles. The second kappa shape index (κ2) is 8.32. The summed E-state index contributed by atoms with van der Waals surface area (Å²) in [4.78, 5) is 28.1. The number of nitrogens with zero attached hydrogens (tertiary/aromatic N) is 4. The number of nitrogens with one attached hydrogen (secondary N) is 1. The van der Waals surface area contributed by atoms with E-state index in [2.05, 4.69) is 15.5 Å². The lowest BCUT2D eigenvalue weighted by Gasteiger charge is -2.15. The molecule has 1 aliphatic rings. The maximum Gasteiger partial charge on any atom is 0.416 e. The molecule has 0 atom stereocenters. The van der Waals surface area contributed by atoms with Gasteiger partial charge in [-0.3, -0.25) is 15.0 Å². The zero-order valence-electron chi connectivity index (χ0n) is 16.9.